The van der Waals surface area contributed by atoms with E-state index in [1.54, 1.807) is 29.1 Å². The van der Waals surface area contributed by atoms with Crippen LogP contribution < -0.4 is 10.4 Å². The number of aryl methyl sites for hydroxylation is 1. The van der Waals surface area contributed by atoms with Gasteiger partial charge < -0.3 is 9.15 Å². The van der Waals surface area contributed by atoms with Crippen molar-refractivity contribution in [1.29, 1.82) is 0 Å². The Morgan fingerprint density at radius 1 is 0.947 bits per heavy atom. The number of ether oxygens (including phenoxy) is 1. The van der Waals surface area contributed by atoms with Crippen LogP contribution in [-0.4, -0.2) is 38.3 Å². The van der Waals surface area contributed by atoms with E-state index in [0.29, 0.717) is 45.8 Å². The lowest BCUT2D eigenvalue weighted by Crippen LogP contribution is -2.40. The van der Waals surface area contributed by atoms with Crippen LogP contribution in [-0.2, 0) is 6.61 Å². The van der Waals surface area contributed by atoms with E-state index in [1.807, 2.05) is 44.2 Å². The molecule has 6 rings (SSSR count). The molecule has 0 radical (unpaired) electrons. The summed E-state index contributed by atoms with van der Waals surface area (Å²) in [6.07, 6.45) is 3.40. The average Bonchev–Trinajstić information content (AvgIpc) is 3.38. The number of hydrogen-bond acceptors (Lipinski definition) is 7. The molecule has 3 aromatic carbocycles. The Morgan fingerprint density at radius 2 is 1.76 bits per heavy atom. The molecule has 2 aromatic heterocycles. The number of hydrogen-bond donors (Lipinski definition) is 0. The number of benzene rings is 3. The minimum Gasteiger partial charge on any atom is -0.487 e. The normalized spacial score (nSPS) is 13.1. The van der Waals surface area contributed by atoms with Gasteiger partial charge in [-0.25, -0.2) is 9.48 Å². The number of unbranched alkanes of at least 4 members (excludes halogenated alkanes) is 1. The summed E-state index contributed by atoms with van der Waals surface area (Å²) >= 11 is 0. The van der Waals surface area contributed by atoms with Crippen LogP contribution >= 0.6 is 0 Å². The molecule has 0 spiro atoms. The number of imide groups is 1. The molecular formula is C29H24N4O5. The highest BCUT2D eigenvalue weighted by Gasteiger charge is 2.33. The highest BCUT2D eigenvalue weighted by atomic mass is 16.5. The van der Waals surface area contributed by atoms with Crippen LogP contribution in [0.2, 0.25) is 0 Å². The molecule has 0 unspecified atom stereocenters. The predicted molar refractivity (Wildman–Crippen MR) is 141 cm³/mol. The first-order chi connectivity index (χ1) is 18.4. The third-order valence-electron chi connectivity index (χ3n) is 6.80. The van der Waals surface area contributed by atoms with E-state index in [1.165, 1.54) is 11.0 Å². The third-order valence-corrected chi connectivity index (χ3v) is 6.80. The molecule has 0 saturated heterocycles. The summed E-state index contributed by atoms with van der Waals surface area (Å²) in [4.78, 5) is 39.3. The lowest BCUT2D eigenvalue weighted by Gasteiger charge is -2.27. The van der Waals surface area contributed by atoms with Gasteiger partial charge in [0.05, 0.1) is 11.9 Å². The zero-order chi connectivity index (χ0) is 26.4. The lowest BCUT2D eigenvalue weighted by atomic mass is 9.93. The van der Waals surface area contributed by atoms with Crippen molar-refractivity contribution in [1.82, 2.24) is 19.9 Å². The van der Waals surface area contributed by atoms with E-state index in [9.17, 15) is 14.4 Å². The van der Waals surface area contributed by atoms with E-state index in [4.69, 9.17) is 9.15 Å². The minimum atomic E-state index is -0.409. The van der Waals surface area contributed by atoms with Gasteiger partial charge in [0.15, 0.2) is 0 Å². The molecule has 2 amide bonds. The molecule has 0 saturated carbocycles. The van der Waals surface area contributed by atoms with Gasteiger partial charge in [-0.15, -0.1) is 5.10 Å². The van der Waals surface area contributed by atoms with Gasteiger partial charge in [-0.1, -0.05) is 30.7 Å². The second-order valence-corrected chi connectivity index (χ2v) is 9.33. The summed E-state index contributed by atoms with van der Waals surface area (Å²) in [6.45, 7) is 4.43. The van der Waals surface area contributed by atoms with Gasteiger partial charge in [0.1, 0.15) is 23.6 Å². The van der Waals surface area contributed by atoms with Gasteiger partial charge in [0.25, 0.3) is 11.8 Å². The lowest BCUT2D eigenvalue weighted by molar-refractivity contribution is 0.0608. The number of rotatable bonds is 7. The summed E-state index contributed by atoms with van der Waals surface area (Å²) in [5.41, 5.74) is 3.19. The molecule has 5 aromatic rings. The van der Waals surface area contributed by atoms with E-state index >= 15 is 0 Å². The summed E-state index contributed by atoms with van der Waals surface area (Å²) in [6, 6.07) is 15.8. The Hall–Kier alpha value is -4.79. The Morgan fingerprint density at radius 3 is 2.58 bits per heavy atom. The van der Waals surface area contributed by atoms with Gasteiger partial charge in [-0.05, 0) is 49.2 Å². The SMILES string of the molecule is CCCCN1C(=O)c2cccc3c(-n4cc(COc5ccc6c(C)cc(=O)oc6c5)nn4)ccc(c23)C1=O. The fourth-order valence-electron chi connectivity index (χ4n) is 4.88. The van der Waals surface area contributed by atoms with Crippen LogP contribution in [0.5, 0.6) is 5.75 Å². The first kappa shape index (κ1) is 23.6. The highest BCUT2D eigenvalue weighted by Crippen LogP contribution is 2.33. The van der Waals surface area contributed by atoms with E-state index in [-0.39, 0.29) is 18.4 Å². The van der Waals surface area contributed by atoms with Crippen molar-refractivity contribution < 1.29 is 18.7 Å². The largest absolute Gasteiger partial charge is 0.487 e. The van der Waals surface area contributed by atoms with E-state index in [0.717, 1.165) is 29.2 Å². The first-order valence-corrected chi connectivity index (χ1v) is 12.5. The molecule has 0 N–H and O–H groups in total. The second kappa shape index (κ2) is 9.26. The van der Waals surface area contributed by atoms with Crippen LogP contribution in [0, 0.1) is 6.92 Å². The summed E-state index contributed by atoms with van der Waals surface area (Å²) in [7, 11) is 0. The number of carbonyl (C=O) groups is 2. The molecule has 1 aliphatic rings. The minimum absolute atomic E-state index is 0.145. The molecule has 190 valence electrons. The number of aromatic nitrogens is 3. The Kier molecular flexibility index (Phi) is 5.75. The smallest absolute Gasteiger partial charge is 0.336 e. The molecule has 0 bridgehead atoms. The van der Waals surface area contributed by atoms with Crippen LogP contribution in [0.4, 0.5) is 0 Å². The quantitative estimate of drug-likeness (QED) is 0.229. The predicted octanol–water partition coefficient (Wildman–Crippen LogP) is 4.81. The second-order valence-electron chi connectivity index (χ2n) is 9.33. The molecule has 38 heavy (non-hydrogen) atoms. The van der Waals surface area contributed by atoms with Gasteiger partial charge in [0.2, 0.25) is 0 Å². The Bertz CT molecular complexity index is 1780. The monoisotopic (exact) mass is 508 g/mol. The van der Waals surface area contributed by atoms with Crippen molar-refractivity contribution >= 4 is 33.6 Å². The molecule has 9 heteroatoms. The highest BCUT2D eigenvalue weighted by molar-refractivity contribution is 6.26. The van der Waals surface area contributed by atoms with Crippen molar-refractivity contribution in [2.45, 2.75) is 33.3 Å². The van der Waals surface area contributed by atoms with E-state index in [2.05, 4.69) is 10.3 Å². The van der Waals surface area contributed by atoms with Crippen molar-refractivity contribution in [2.24, 2.45) is 0 Å². The van der Waals surface area contributed by atoms with Crippen LogP contribution in [0.25, 0.3) is 27.4 Å². The Labute approximate surface area is 217 Å². The molecular weight excluding hydrogens is 484 g/mol. The van der Waals surface area contributed by atoms with Gasteiger partial charge in [0, 0.05) is 46.0 Å². The molecule has 9 nitrogen and oxygen atoms in total. The standard InChI is InChI=1S/C29H24N4O5/c1-3-4-12-32-28(35)22-7-5-6-21-24(11-10-23(27(21)22)29(32)36)33-15-18(30-31-33)16-37-19-8-9-20-17(2)13-26(34)38-25(20)14-19/h5-11,13-15H,3-4,12,16H2,1-2H3. The molecule has 1 aliphatic heterocycles. The summed E-state index contributed by atoms with van der Waals surface area (Å²) in [5, 5.41) is 10.7. The molecule has 3 heterocycles. The van der Waals surface area contributed by atoms with Crippen molar-refractivity contribution in [3.8, 4) is 11.4 Å². The zero-order valence-corrected chi connectivity index (χ0v) is 20.9. The molecule has 0 aliphatic carbocycles. The third kappa shape index (κ3) is 3.92. The topological polar surface area (TPSA) is 108 Å². The maximum atomic E-state index is 13.1. The fraction of sp³-hybridized carbons (Fsp3) is 0.207. The van der Waals surface area contributed by atoms with Crippen molar-refractivity contribution in [2.75, 3.05) is 6.54 Å². The zero-order valence-electron chi connectivity index (χ0n) is 20.9. The fourth-order valence-corrected chi connectivity index (χ4v) is 4.88. The van der Waals surface area contributed by atoms with Crippen LogP contribution in [0.1, 0.15) is 51.7 Å². The maximum Gasteiger partial charge on any atom is 0.336 e. The van der Waals surface area contributed by atoms with Crippen LogP contribution in [0.15, 0.2) is 70.0 Å². The summed E-state index contributed by atoms with van der Waals surface area (Å²) < 4.78 is 12.8. The maximum absolute atomic E-state index is 13.1. The van der Waals surface area contributed by atoms with Gasteiger partial charge in [-0.2, -0.15) is 0 Å². The van der Waals surface area contributed by atoms with Crippen molar-refractivity contribution in [3.63, 3.8) is 0 Å². The van der Waals surface area contributed by atoms with E-state index < -0.39 is 5.63 Å². The number of nitrogens with zero attached hydrogens (tertiary/aromatic N) is 4. The number of fused-ring (bicyclic) bond motifs is 1. The number of carbonyl (C=O) groups excluding carboxylic acids is 2. The average molecular weight is 509 g/mol. The summed E-state index contributed by atoms with van der Waals surface area (Å²) in [5.74, 6) is -0.00683. The molecule has 0 atom stereocenters. The van der Waals surface area contributed by atoms with Gasteiger partial charge >= 0.3 is 5.63 Å². The van der Waals surface area contributed by atoms with Crippen LogP contribution in [0.3, 0.4) is 0 Å². The van der Waals surface area contributed by atoms with Crippen molar-refractivity contribution in [3.05, 3.63) is 93.6 Å². The first-order valence-electron chi connectivity index (χ1n) is 12.5. The molecule has 0 fully saturated rings. The number of amides is 2. The Balaban J connectivity index is 1.29. The van der Waals surface area contributed by atoms with Gasteiger partial charge in [-0.3, -0.25) is 14.5 Å².